The highest BCUT2D eigenvalue weighted by Gasteiger charge is 2.20. The molecule has 1 unspecified atom stereocenters. The molecule has 0 heterocycles. The van der Waals surface area contributed by atoms with Gasteiger partial charge in [0.15, 0.2) is 0 Å². The normalized spacial score (nSPS) is 13.3. The minimum absolute atomic E-state index is 0.642. The molecule has 0 saturated carbocycles. The summed E-state index contributed by atoms with van der Waals surface area (Å²) < 4.78 is 25.2. The van der Waals surface area contributed by atoms with Crippen LogP contribution in [0.3, 0.4) is 0 Å². The van der Waals surface area contributed by atoms with Crippen LogP contribution in [0.25, 0.3) is 10.8 Å². The van der Waals surface area contributed by atoms with Crippen molar-refractivity contribution in [2.24, 2.45) is 0 Å². The van der Waals surface area contributed by atoms with Crippen LogP contribution in [0.4, 0.5) is 8.78 Å². The second kappa shape index (κ2) is 4.27. The van der Waals surface area contributed by atoms with Gasteiger partial charge in [0.05, 0.1) is 0 Å². The summed E-state index contributed by atoms with van der Waals surface area (Å²) in [6.07, 6.45) is -2.39. The Morgan fingerprint density at radius 1 is 0.933 bits per heavy atom. The number of fused-ring (bicyclic) bond motifs is 1. The maximum atomic E-state index is 12.6. The van der Waals surface area contributed by atoms with Gasteiger partial charge in [-0.3, -0.25) is 0 Å². The van der Waals surface area contributed by atoms with E-state index in [4.69, 9.17) is 0 Å². The molecular formula is C12H9BrF2. The zero-order valence-corrected chi connectivity index (χ0v) is 9.42. The predicted octanol–water partition coefficient (Wildman–Crippen LogP) is 4.54. The Morgan fingerprint density at radius 3 is 2.33 bits per heavy atom. The highest BCUT2D eigenvalue weighted by atomic mass is 79.9. The van der Waals surface area contributed by atoms with Gasteiger partial charge in [-0.15, -0.1) is 0 Å². The molecule has 0 bridgehead atoms. The number of hydrogen-bond donors (Lipinski definition) is 0. The zero-order valence-electron chi connectivity index (χ0n) is 7.83. The summed E-state index contributed by atoms with van der Waals surface area (Å²) in [5.41, 5.74) is 0.642. The number of benzene rings is 2. The van der Waals surface area contributed by atoms with Gasteiger partial charge >= 0.3 is 0 Å². The van der Waals surface area contributed by atoms with E-state index < -0.39 is 11.3 Å². The van der Waals surface area contributed by atoms with E-state index in [-0.39, 0.29) is 0 Å². The molecule has 2 aromatic carbocycles. The van der Waals surface area contributed by atoms with Crippen LogP contribution in [0.15, 0.2) is 42.5 Å². The number of halogens is 3. The standard InChI is InChI=1S/C12H9BrF2/c13-11(12(14)15)10-7-3-5-8-4-1-2-6-9(8)10/h1-7,11-12H. The summed E-state index contributed by atoms with van der Waals surface area (Å²) in [5.74, 6) is 0. The van der Waals surface area contributed by atoms with E-state index >= 15 is 0 Å². The summed E-state index contributed by atoms with van der Waals surface area (Å²) in [4.78, 5) is -0.899. The Balaban J connectivity index is 2.60. The molecule has 0 radical (unpaired) electrons. The molecule has 3 heteroatoms. The van der Waals surface area contributed by atoms with E-state index in [1.165, 1.54) is 0 Å². The molecule has 78 valence electrons. The van der Waals surface area contributed by atoms with Crippen molar-refractivity contribution in [2.45, 2.75) is 11.3 Å². The molecule has 0 aliphatic rings. The summed E-state index contributed by atoms with van der Waals surface area (Å²) in [6.45, 7) is 0. The van der Waals surface area contributed by atoms with E-state index in [1.54, 1.807) is 12.1 Å². The van der Waals surface area contributed by atoms with E-state index in [0.29, 0.717) is 5.56 Å². The summed E-state index contributed by atoms with van der Waals surface area (Å²) in [5, 5.41) is 1.86. The molecule has 0 spiro atoms. The van der Waals surface area contributed by atoms with Crippen LogP contribution in [0, 0.1) is 0 Å². The minimum Gasteiger partial charge on any atom is -0.209 e. The molecule has 0 nitrogen and oxygen atoms in total. The van der Waals surface area contributed by atoms with Crippen LogP contribution >= 0.6 is 15.9 Å². The molecule has 0 fully saturated rings. The SMILES string of the molecule is FC(F)C(Br)c1cccc2ccccc12. The third-order valence-corrected chi connectivity index (χ3v) is 3.23. The highest BCUT2D eigenvalue weighted by molar-refractivity contribution is 9.09. The van der Waals surface area contributed by atoms with Gasteiger partial charge < -0.3 is 0 Å². The summed E-state index contributed by atoms with van der Waals surface area (Å²) in [6, 6.07) is 13.0. The molecule has 0 aromatic heterocycles. The molecule has 0 amide bonds. The monoisotopic (exact) mass is 270 g/mol. The van der Waals surface area contributed by atoms with Crippen molar-refractivity contribution in [3.8, 4) is 0 Å². The van der Waals surface area contributed by atoms with Gasteiger partial charge in [0, 0.05) is 0 Å². The van der Waals surface area contributed by atoms with Crippen molar-refractivity contribution < 1.29 is 8.78 Å². The molecule has 0 aliphatic heterocycles. The van der Waals surface area contributed by atoms with Gasteiger partial charge in [-0.1, -0.05) is 58.4 Å². The Kier molecular flexibility index (Phi) is 3.00. The topological polar surface area (TPSA) is 0 Å². The van der Waals surface area contributed by atoms with Crippen LogP contribution in [0.5, 0.6) is 0 Å². The Labute approximate surface area is 95.0 Å². The number of alkyl halides is 3. The molecule has 0 saturated heterocycles. The average Bonchev–Trinajstić information content (AvgIpc) is 2.27. The largest absolute Gasteiger partial charge is 0.255 e. The van der Waals surface area contributed by atoms with Gasteiger partial charge in [-0.25, -0.2) is 8.78 Å². The van der Waals surface area contributed by atoms with E-state index in [1.807, 2.05) is 30.3 Å². The molecular weight excluding hydrogens is 262 g/mol. The van der Waals surface area contributed by atoms with Crippen molar-refractivity contribution in [3.63, 3.8) is 0 Å². The van der Waals surface area contributed by atoms with Gasteiger partial charge in [-0.2, -0.15) is 0 Å². The van der Waals surface area contributed by atoms with Crippen LogP contribution in [0.2, 0.25) is 0 Å². The average molecular weight is 271 g/mol. The van der Waals surface area contributed by atoms with Crippen molar-refractivity contribution in [2.75, 3.05) is 0 Å². The Hall–Kier alpha value is -0.960. The maximum absolute atomic E-state index is 12.6. The van der Waals surface area contributed by atoms with E-state index in [9.17, 15) is 8.78 Å². The second-order valence-corrected chi connectivity index (χ2v) is 4.29. The molecule has 1 atom stereocenters. The summed E-state index contributed by atoms with van der Waals surface area (Å²) >= 11 is 3.02. The zero-order chi connectivity index (χ0) is 10.8. The first kappa shape index (κ1) is 10.6. The first-order chi connectivity index (χ1) is 7.20. The third-order valence-electron chi connectivity index (χ3n) is 2.34. The highest BCUT2D eigenvalue weighted by Crippen LogP contribution is 2.34. The Bertz CT molecular complexity index is 463. The first-order valence-corrected chi connectivity index (χ1v) is 5.51. The quantitative estimate of drug-likeness (QED) is 0.703. The van der Waals surface area contributed by atoms with Gasteiger partial charge in [-0.05, 0) is 16.3 Å². The maximum Gasteiger partial charge on any atom is 0.255 e. The third kappa shape index (κ3) is 2.02. The minimum atomic E-state index is -2.39. The van der Waals surface area contributed by atoms with Crippen LogP contribution in [-0.4, -0.2) is 6.43 Å². The fourth-order valence-electron chi connectivity index (χ4n) is 1.63. The van der Waals surface area contributed by atoms with Gasteiger partial charge in [0.2, 0.25) is 0 Å². The second-order valence-electron chi connectivity index (χ2n) is 3.30. The first-order valence-electron chi connectivity index (χ1n) is 4.60. The fourth-order valence-corrected chi connectivity index (χ4v) is 2.03. The predicted molar refractivity (Wildman–Crippen MR) is 61.6 cm³/mol. The van der Waals surface area contributed by atoms with Crippen molar-refractivity contribution >= 4 is 26.7 Å². The smallest absolute Gasteiger partial charge is 0.209 e. The fraction of sp³-hybridized carbons (Fsp3) is 0.167. The van der Waals surface area contributed by atoms with E-state index in [0.717, 1.165) is 10.8 Å². The molecule has 2 rings (SSSR count). The summed E-state index contributed by atoms with van der Waals surface area (Å²) in [7, 11) is 0. The van der Waals surface area contributed by atoms with Crippen LogP contribution in [-0.2, 0) is 0 Å². The number of hydrogen-bond acceptors (Lipinski definition) is 0. The van der Waals surface area contributed by atoms with E-state index in [2.05, 4.69) is 15.9 Å². The van der Waals surface area contributed by atoms with Gasteiger partial charge in [0.1, 0.15) is 4.83 Å². The van der Waals surface area contributed by atoms with Crippen molar-refractivity contribution in [1.82, 2.24) is 0 Å². The van der Waals surface area contributed by atoms with Crippen LogP contribution in [0.1, 0.15) is 10.4 Å². The number of rotatable bonds is 2. The van der Waals surface area contributed by atoms with Crippen molar-refractivity contribution in [3.05, 3.63) is 48.0 Å². The lowest BCUT2D eigenvalue weighted by atomic mass is 10.0. The lowest BCUT2D eigenvalue weighted by Crippen LogP contribution is -2.01. The van der Waals surface area contributed by atoms with Crippen LogP contribution < -0.4 is 0 Å². The van der Waals surface area contributed by atoms with Gasteiger partial charge in [0.25, 0.3) is 6.43 Å². The molecule has 0 aliphatic carbocycles. The molecule has 15 heavy (non-hydrogen) atoms. The van der Waals surface area contributed by atoms with Crippen molar-refractivity contribution in [1.29, 1.82) is 0 Å². The molecule has 0 N–H and O–H groups in total. The molecule has 2 aromatic rings. The Morgan fingerprint density at radius 2 is 1.60 bits per heavy atom. The lowest BCUT2D eigenvalue weighted by Gasteiger charge is -2.11. The lowest BCUT2D eigenvalue weighted by molar-refractivity contribution is 0.148.